The van der Waals surface area contributed by atoms with Crippen LogP contribution in [0.1, 0.15) is 71.1 Å². The largest absolute Gasteiger partial charge is 0.355 e. The van der Waals surface area contributed by atoms with Crippen LogP contribution in [0.5, 0.6) is 0 Å². The monoisotopic (exact) mass is 382 g/mol. The van der Waals surface area contributed by atoms with Gasteiger partial charge in [0.25, 0.3) is 0 Å². The van der Waals surface area contributed by atoms with Crippen molar-refractivity contribution in [2.75, 3.05) is 30.1 Å². The van der Waals surface area contributed by atoms with E-state index in [0.717, 1.165) is 6.67 Å². The van der Waals surface area contributed by atoms with E-state index in [1.807, 2.05) is 0 Å². The topological polar surface area (TPSA) is 6.48 Å². The predicted octanol–water partition coefficient (Wildman–Crippen LogP) is 6.40. The first-order valence-electron chi connectivity index (χ1n) is 9.38. The van der Waals surface area contributed by atoms with Gasteiger partial charge in [-0.3, -0.25) is 0 Å². The van der Waals surface area contributed by atoms with Crippen LogP contribution in [0.25, 0.3) is 0 Å². The van der Waals surface area contributed by atoms with Gasteiger partial charge in [-0.2, -0.15) is 0 Å². The number of para-hydroxylation sites is 2. The lowest BCUT2D eigenvalue weighted by Crippen LogP contribution is -2.28. The molecule has 0 fully saturated rings. The second-order valence-electron chi connectivity index (χ2n) is 6.77. The van der Waals surface area contributed by atoms with Crippen LogP contribution in [-0.4, -0.2) is 20.3 Å². The summed E-state index contributed by atoms with van der Waals surface area (Å²) in [5.41, 5.74) is 2.80. The molecule has 1 aromatic rings. The van der Waals surface area contributed by atoms with E-state index in [-0.39, 0.29) is 17.0 Å². The zero-order chi connectivity index (χ0) is 15.6. The Bertz CT molecular complexity index is 422. The molecular weight excluding hydrogens is 348 g/mol. The molecule has 1 heterocycles. The maximum absolute atomic E-state index is 2.53. The summed E-state index contributed by atoms with van der Waals surface area (Å²) in [6.45, 7) is 4.55. The van der Waals surface area contributed by atoms with Gasteiger partial charge in [-0.25, -0.2) is 0 Å². The highest BCUT2D eigenvalue weighted by atomic mass is 79.9. The molecule has 1 aliphatic rings. The van der Waals surface area contributed by atoms with E-state index in [9.17, 15) is 0 Å². The summed E-state index contributed by atoms with van der Waals surface area (Å²) in [5, 5.41) is 0. The number of fused-ring (bicyclic) bond motifs is 1. The van der Waals surface area contributed by atoms with Gasteiger partial charge in [0, 0.05) is 13.6 Å². The summed E-state index contributed by atoms with van der Waals surface area (Å²) < 4.78 is 0. The van der Waals surface area contributed by atoms with Gasteiger partial charge in [-0.15, -0.1) is 17.0 Å². The third-order valence-corrected chi connectivity index (χ3v) is 4.80. The normalized spacial score (nSPS) is 13.1. The molecule has 0 spiro atoms. The number of halogens is 1. The quantitative estimate of drug-likeness (QED) is 0.408. The fourth-order valence-electron chi connectivity index (χ4n) is 3.44. The highest BCUT2D eigenvalue weighted by Crippen LogP contribution is 2.34. The summed E-state index contributed by atoms with van der Waals surface area (Å²) in [6, 6.07) is 8.78. The predicted molar refractivity (Wildman–Crippen MR) is 109 cm³/mol. The fourth-order valence-corrected chi connectivity index (χ4v) is 3.44. The Balaban J connectivity index is 0.00000264. The Hall–Kier alpha value is -0.700. The molecule has 0 amide bonds. The van der Waals surface area contributed by atoms with Crippen molar-refractivity contribution in [2.45, 2.75) is 71.1 Å². The van der Waals surface area contributed by atoms with Gasteiger partial charge in [0.2, 0.25) is 0 Å². The lowest BCUT2D eigenvalue weighted by atomic mass is 10.1. The third-order valence-electron chi connectivity index (χ3n) is 4.80. The number of hydrogen-bond donors (Lipinski definition) is 0. The van der Waals surface area contributed by atoms with Crippen LogP contribution < -0.4 is 9.80 Å². The van der Waals surface area contributed by atoms with Crippen molar-refractivity contribution in [2.24, 2.45) is 0 Å². The van der Waals surface area contributed by atoms with Crippen molar-refractivity contribution >= 4 is 28.4 Å². The minimum Gasteiger partial charge on any atom is -0.355 e. The van der Waals surface area contributed by atoms with Crippen LogP contribution in [0.2, 0.25) is 0 Å². The maximum atomic E-state index is 2.53. The molecule has 0 aliphatic carbocycles. The number of anilines is 2. The van der Waals surface area contributed by atoms with Gasteiger partial charge >= 0.3 is 0 Å². The van der Waals surface area contributed by atoms with Gasteiger partial charge in [0.05, 0.1) is 18.0 Å². The summed E-state index contributed by atoms with van der Waals surface area (Å²) >= 11 is 0. The summed E-state index contributed by atoms with van der Waals surface area (Å²) in [4.78, 5) is 4.88. The van der Waals surface area contributed by atoms with Crippen molar-refractivity contribution in [3.63, 3.8) is 0 Å². The number of nitrogens with zero attached hydrogens (tertiary/aromatic N) is 2. The second kappa shape index (κ2) is 11.8. The Kier molecular flexibility index (Phi) is 10.4. The van der Waals surface area contributed by atoms with E-state index < -0.39 is 0 Å². The first-order chi connectivity index (χ1) is 10.8. The number of benzene rings is 1. The van der Waals surface area contributed by atoms with Crippen molar-refractivity contribution in [3.8, 4) is 0 Å². The maximum Gasteiger partial charge on any atom is 0.0901 e. The Morgan fingerprint density at radius 2 is 1.30 bits per heavy atom. The Labute approximate surface area is 154 Å². The first-order valence-corrected chi connectivity index (χ1v) is 9.38. The van der Waals surface area contributed by atoms with Crippen LogP contribution >= 0.6 is 17.0 Å². The molecule has 0 saturated heterocycles. The SMILES string of the molecule is Br.CCCCCCCCCCCCN1CN(C)c2ccccc21. The summed E-state index contributed by atoms with van der Waals surface area (Å²) in [7, 11) is 2.19. The van der Waals surface area contributed by atoms with Crippen LogP contribution in [-0.2, 0) is 0 Å². The highest BCUT2D eigenvalue weighted by molar-refractivity contribution is 8.93. The van der Waals surface area contributed by atoms with Gasteiger partial charge in [0.15, 0.2) is 0 Å². The van der Waals surface area contributed by atoms with E-state index in [1.54, 1.807) is 0 Å². The van der Waals surface area contributed by atoms with Gasteiger partial charge < -0.3 is 9.80 Å². The fraction of sp³-hybridized carbons (Fsp3) is 0.700. The van der Waals surface area contributed by atoms with Crippen LogP contribution in [0, 0.1) is 0 Å². The van der Waals surface area contributed by atoms with Crippen molar-refractivity contribution in [1.82, 2.24) is 0 Å². The van der Waals surface area contributed by atoms with Crippen LogP contribution in [0.15, 0.2) is 24.3 Å². The molecule has 0 saturated carbocycles. The molecule has 0 atom stereocenters. The van der Waals surface area contributed by atoms with E-state index in [1.165, 1.54) is 82.1 Å². The molecule has 3 heteroatoms. The molecule has 23 heavy (non-hydrogen) atoms. The second-order valence-corrected chi connectivity index (χ2v) is 6.77. The van der Waals surface area contributed by atoms with Gasteiger partial charge in [-0.1, -0.05) is 76.8 Å². The minimum absolute atomic E-state index is 0. The third kappa shape index (κ3) is 6.74. The number of rotatable bonds is 11. The Morgan fingerprint density at radius 3 is 1.91 bits per heavy atom. The van der Waals surface area contributed by atoms with Crippen molar-refractivity contribution in [3.05, 3.63) is 24.3 Å². The minimum atomic E-state index is 0. The Morgan fingerprint density at radius 1 is 0.783 bits per heavy atom. The summed E-state index contributed by atoms with van der Waals surface area (Å²) in [6.07, 6.45) is 14.1. The van der Waals surface area contributed by atoms with Crippen LogP contribution in [0.4, 0.5) is 11.4 Å². The molecule has 1 aromatic carbocycles. The number of unbranched alkanes of at least 4 members (excludes halogenated alkanes) is 9. The van der Waals surface area contributed by atoms with Gasteiger partial charge in [-0.05, 0) is 18.6 Å². The van der Waals surface area contributed by atoms with Crippen LogP contribution in [0.3, 0.4) is 0 Å². The highest BCUT2D eigenvalue weighted by Gasteiger charge is 2.21. The van der Waals surface area contributed by atoms with Crippen molar-refractivity contribution in [1.29, 1.82) is 0 Å². The molecule has 2 rings (SSSR count). The van der Waals surface area contributed by atoms with E-state index in [0.29, 0.717) is 0 Å². The smallest absolute Gasteiger partial charge is 0.0901 e. The number of hydrogen-bond acceptors (Lipinski definition) is 2. The molecule has 0 N–H and O–H groups in total. The zero-order valence-electron chi connectivity index (χ0n) is 15.1. The molecule has 0 bridgehead atoms. The molecule has 132 valence electrons. The van der Waals surface area contributed by atoms with Gasteiger partial charge in [0.1, 0.15) is 0 Å². The van der Waals surface area contributed by atoms with E-state index in [2.05, 4.69) is 48.0 Å². The molecule has 2 nitrogen and oxygen atoms in total. The molecule has 0 unspecified atom stereocenters. The molecule has 0 aromatic heterocycles. The lowest BCUT2D eigenvalue weighted by Gasteiger charge is -2.19. The zero-order valence-corrected chi connectivity index (χ0v) is 16.8. The van der Waals surface area contributed by atoms with Crippen molar-refractivity contribution < 1.29 is 0 Å². The van der Waals surface area contributed by atoms with E-state index >= 15 is 0 Å². The molecule has 0 radical (unpaired) electrons. The summed E-state index contributed by atoms with van der Waals surface area (Å²) in [5.74, 6) is 0. The first kappa shape index (κ1) is 20.3. The standard InChI is InChI=1S/C20H34N2.BrH/c1-3-4-5-6-7-8-9-10-11-14-17-22-18-21(2)19-15-12-13-16-20(19)22;/h12-13,15-16H,3-11,14,17-18H2,1-2H3;1H. The average molecular weight is 383 g/mol. The lowest BCUT2D eigenvalue weighted by molar-refractivity contribution is 0.555. The van der Waals surface area contributed by atoms with E-state index in [4.69, 9.17) is 0 Å². The molecular formula is C20H35BrN2. The molecule has 1 aliphatic heterocycles. The average Bonchev–Trinajstić information content (AvgIpc) is 2.86.